The first-order chi connectivity index (χ1) is 36.5. The zero-order valence-corrected chi connectivity index (χ0v) is 48.1. The molecule has 0 aromatic heterocycles. The average Bonchev–Trinajstić information content (AvgIpc) is 3.40. The Labute approximate surface area is 456 Å². The lowest BCUT2D eigenvalue weighted by atomic mass is 10.0. The van der Waals surface area contributed by atoms with E-state index in [1.807, 2.05) is 0 Å². The highest BCUT2D eigenvalue weighted by Crippen LogP contribution is 2.16. The van der Waals surface area contributed by atoms with Crippen molar-refractivity contribution in [1.82, 2.24) is 0 Å². The van der Waals surface area contributed by atoms with Gasteiger partial charge in [0.15, 0.2) is 6.10 Å². The zero-order chi connectivity index (χ0) is 53.6. The van der Waals surface area contributed by atoms with Crippen LogP contribution in [0.1, 0.15) is 271 Å². The van der Waals surface area contributed by atoms with Gasteiger partial charge in [-0.2, -0.15) is 0 Å². The van der Waals surface area contributed by atoms with Crippen LogP contribution in [0, 0.1) is 0 Å². The molecule has 0 heterocycles. The van der Waals surface area contributed by atoms with Crippen LogP contribution in [0.2, 0.25) is 0 Å². The molecule has 0 saturated heterocycles. The quantitative estimate of drug-likeness (QED) is 0.0261. The van der Waals surface area contributed by atoms with Crippen LogP contribution in [0.4, 0.5) is 0 Å². The van der Waals surface area contributed by atoms with Crippen LogP contribution in [0.5, 0.6) is 0 Å². The molecule has 0 N–H and O–H groups in total. The Morgan fingerprint density at radius 1 is 0.284 bits per heavy atom. The van der Waals surface area contributed by atoms with E-state index >= 15 is 0 Å². The van der Waals surface area contributed by atoms with Crippen LogP contribution >= 0.6 is 0 Å². The molecule has 0 aromatic rings. The highest BCUT2D eigenvalue weighted by atomic mass is 16.6. The van der Waals surface area contributed by atoms with Gasteiger partial charge in [0.25, 0.3) is 0 Å². The summed E-state index contributed by atoms with van der Waals surface area (Å²) < 4.78 is 16.7. The minimum Gasteiger partial charge on any atom is -0.462 e. The van der Waals surface area contributed by atoms with E-state index in [9.17, 15) is 14.4 Å². The van der Waals surface area contributed by atoms with Gasteiger partial charge in [0.05, 0.1) is 0 Å². The number of unbranched alkanes of at least 4 members (excludes halogenated alkanes) is 23. The van der Waals surface area contributed by atoms with Gasteiger partial charge < -0.3 is 14.2 Å². The number of carbonyl (C=O) groups is 3. The highest BCUT2D eigenvalue weighted by Gasteiger charge is 2.19. The van der Waals surface area contributed by atoms with Crippen molar-refractivity contribution in [1.29, 1.82) is 0 Å². The van der Waals surface area contributed by atoms with Crippen LogP contribution in [0.15, 0.2) is 122 Å². The summed E-state index contributed by atoms with van der Waals surface area (Å²) in [7, 11) is 0. The van der Waals surface area contributed by atoms with Gasteiger partial charge in [-0.05, 0) is 96.3 Å². The SMILES string of the molecule is CC/C=C\C/C=C\C/C=C\C/C=C\C/C=C\C/C=C\C/C=C\C/C=C\C/C=C\C/C=C\CCCCC(=O)OCC(COC(=O)CCCCCCCC)OC(=O)CCCCCCCCCCCCCCCCCCC. The number of rotatable bonds is 54. The Hall–Kier alpha value is -4.19. The molecule has 0 fully saturated rings. The average molecular weight is 1030 g/mol. The molecular weight excluding hydrogens is 913 g/mol. The van der Waals surface area contributed by atoms with Gasteiger partial charge in [-0.25, -0.2) is 0 Å². The Kier molecular flexibility index (Phi) is 57.9. The maximum absolute atomic E-state index is 12.8. The van der Waals surface area contributed by atoms with Gasteiger partial charge in [-0.3, -0.25) is 14.4 Å². The first kappa shape index (κ1) is 69.8. The number of carbonyl (C=O) groups excluding carboxylic acids is 3. The Morgan fingerprint density at radius 2 is 0.527 bits per heavy atom. The van der Waals surface area contributed by atoms with Crippen molar-refractivity contribution >= 4 is 17.9 Å². The van der Waals surface area contributed by atoms with Gasteiger partial charge >= 0.3 is 17.9 Å². The molecule has 0 rings (SSSR count). The van der Waals surface area contributed by atoms with Gasteiger partial charge in [-0.15, -0.1) is 0 Å². The predicted molar refractivity (Wildman–Crippen MR) is 320 cm³/mol. The molecule has 420 valence electrons. The molecule has 6 nitrogen and oxygen atoms in total. The first-order valence-corrected chi connectivity index (χ1v) is 30.5. The van der Waals surface area contributed by atoms with E-state index in [2.05, 4.69) is 142 Å². The summed E-state index contributed by atoms with van der Waals surface area (Å²) in [5, 5.41) is 0. The Bertz CT molecular complexity index is 1550. The molecular formula is C68H112O6. The lowest BCUT2D eigenvalue weighted by molar-refractivity contribution is -0.167. The Morgan fingerprint density at radius 3 is 0.824 bits per heavy atom. The summed E-state index contributed by atoms with van der Waals surface area (Å²) in [6, 6.07) is 0. The third-order valence-electron chi connectivity index (χ3n) is 12.7. The molecule has 0 bridgehead atoms. The highest BCUT2D eigenvalue weighted by molar-refractivity contribution is 5.71. The summed E-state index contributed by atoms with van der Waals surface area (Å²) in [5.74, 6) is -0.944. The van der Waals surface area contributed by atoms with Crippen LogP contribution < -0.4 is 0 Å². The predicted octanol–water partition coefficient (Wildman–Crippen LogP) is 20.8. The van der Waals surface area contributed by atoms with Crippen molar-refractivity contribution in [3.8, 4) is 0 Å². The van der Waals surface area contributed by atoms with Gasteiger partial charge in [0.1, 0.15) is 13.2 Å². The number of allylic oxidation sites excluding steroid dienone is 20. The lowest BCUT2D eigenvalue weighted by Gasteiger charge is -2.18. The normalized spacial score (nSPS) is 13.0. The molecule has 0 amide bonds. The maximum atomic E-state index is 12.8. The molecule has 0 aliphatic rings. The summed E-state index contributed by atoms with van der Waals surface area (Å²) in [4.78, 5) is 37.9. The topological polar surface area (TPSA) is 78.9 Å². The van der Waals surface area contributed by atoms with E-state index in [0.29, 0.717) is 19.3 Å². The molecule has 1 atom stereocenters. The maximum Gasteiger partial charge on any atom is 0.306 e. The third kappa shape index (κ3) is 58.7. The van der Waals surface area contributed by atoms with Crippen molar-refractivity contribution in [3.63, 3.8) is 0 Å². The second-order valence-corrected chi connectivity index (χ2v) is 19.9. The van der Waals surface area contributed by atoms with Crippen molar-refractivity contribution in [2.45, 2.75) is 277 Å². The first-order valence-electron chi connectivity index (χ1n) is 30.5. The molecule has 6 heteroatoms. The van der Waals surface area contributed by atoms with Crippen LogP contribution in [0.25, 0.3) is 0 Å². The molecule has 0 spiro atoms. The number of ether oxygens (including phenoxy) is 3. The third-order valence-corrected chi connectivity index (χ3v) is 12.7. The van der Waals surface area contributed by atoms with E-state index < -0.39 is 6.10 Å². The standard InChI is InChI=1S/C68H112O6/c1-4-7-10-13-16-18-20-22-24-26-27-28-29-30-31-32-33-34-35-36-37-38-39-40-41-43-44-46-48-50-52-55-58-61-67(70)73-64-65(63-72-66(69)60-57-54-15-12-9-6-3)74-68(71)62-59-56-53-51-49-47-45-42-25-23-21-19-17-14-11-8-5-2/h7,10,16,18,22,24,27-28,30-31,33-34,36-37,39-40,43-44,48,50,65H,4-6,8-9,11-15,17,19-21,23,25-26,29,32,35,38,41-42,45-47,49,51-64H2,1-3H3/b10-7-,18-16-,24-22-,28-27-,31-30-,34-33-,37-36-,40-39-,44-43-,50-48-. The molecule has 1 unspecified atom stereocenters. The molecule has 0 aliphatic carbocycles. The van der Waals surface area contributed by atoms with Crippen LogP contribution in [0.3, 0.4) is 0 Å². The van der Waals surface area contributed by atoms with Crippen LogP contribution in [-0.4, -0.2) is 37.2 Å². The van der Waals surface area contributed by atoms with E-state index in [-0.39, 0.29) is 31.1 Å². The molecule has 0 radical (unpaired) electrons. The van der Waals surface area contributed by atoms with Gasteiger partial charge in [0, 0.05) is 19.3 Å². The monoisotopic (exact) mass is 1020 g/mol. The number of hydrogen-bond acceptors (Lipinski definition) is 6. The summed E-state index contributed by atoms with van der Waals surface area (Å²) >= 11 is 0. The van der Waals surface area contributed by atoms with Crippen molar-refractivity contribution < 1.29 is 28.6 Å². The van der Waals surface area contributed by atoms with Gasteiger partial charge in [-0.1, -0.05) is 277 Å². The van der Waals surface area contributed by atoms with Gasteiger partial charge in [0.2, 0.25) is 0 Å². The number of esters is 3. The molecule has 0 aromatic carbocycles. The Balaban J connectivity index is 4.21. The lowest BCUT2D eigenvalue weighted by Crippen LogP contribution is -2.30. The van der Waals surface area contributed by atoms with E-state index in [1.54, 1.807) is 0 Å². The smallest absolute Gasteiger partial charge is 0.306 e. The zero-order valence-electron chi connectivity index (χ0n) is 48.1. The largest absolute Gasteiger partial charge is 0.462 e. The summed E-state index contributed by atoms with van der Waals surface area (Å²) in [6.45, 7) is 6.44. The second-order valence-electron chi connectivity index (χ2n) is 19.9. The summed E-state index contributed by atoms with van der Waals surface area (Å²) in [6.07, 6.45) is 85.2. The van der Waals surface area contributed by atoms with Crippen LogP contribution in [-0.2, 0) is 28.6 Å². The van der Waals surface area contributed by atoms with Crippen molar-refractivity contribution in [2.24, 2.45) is 0 Å². The second kappa shape index (κ2) is 61.4. The fourth-order valence-corrected chi connectivity index (χ4v) is 8.18. The molecule has 0 saturated carbocycles. The van der Waals surface area contributed by atoms with Crippen molar-refractivity contribution in [3.05, 3.63) is 122 Å². The molecule has 0 aliphatic heterocycles. The molecule has 74 heavy (non-hydrogen) atoms. The van der Waals surface area contributed by atoms with E-state index in [1.165, 1.54) is 109 Å². The van der Waals surface area contributed by atoms with Crippen molar-refractivity contribution in [2.75, 3.05) is 13.2 Å². The van der Waals surface area contributed by atoms with E-state index in [0.717, 1.165) is 122 Å². The van der Waals surface area contributed by atoms with E-state index in [4.69, 9.17) is 14.2 Å². The fraction of sp³-hybridized carbons (Fsp3) is 0.662. The number of hydrogen-bond donors (Lipinski definition) is 0. The minimum absolute atomic E-state index is 0.0913. The minimum atomic E-state index is -0.793. The summed E-state index contributed by atoms with van der Waals surface area (Å²) in [5.41, 5.74) is 0. The fourth-order valence-electron chi connectivity index (χ4n) is 8.18.